The van der Waals surface area contributed by atoms with Gasteiger partial charge in [-0.25, -0.2) is 4.98 Å². The number of aromatic nitrogens is 3. The summed E-state index contributed by atoms with van der Waals surface area (Å²) in [6.07, 6.45) is 3.95. The van der Waals surface area contributed by atoms with Crippen LogP contribution in [-0.4, -0.2) is 38.9 Å². The lowest BCUT2D eigenvalue weighted by molar-refractivity contribution is 0.316. The van der Waals surface area contributed by atoms with Crippen LogP contribution in [0.5, 0.6) is 0 Å². The van der Waals surface area contributed by atoms with Crippen LogP contribution in [0.3, 0.4) is 0 Å². The van der Waals surface area contributed by atoms with Crippen molar-refractivity contribution in [3.63, 3.8) is 0 Å². The lowest BCUT2D eigenvalue weighted by atomic mass is 10.3. The molecule has 1 heterocycles. The molecule has 0 unspecified atom stereocenters. The van der Waals surface area contributed by atoms with E-state index < -0.39 is 0 Å². The molecule has 0 fully saturated rings. The first-order valence-corrected chi connectivity index (χ1v) is 5.24. The number of hydrogen-bond donors (Lipinski definition) is 3. The molecule has 0 aliphatic rings. The highest BCUT2D eigenvalue weighted by molar-refractivity contribution is 5.79. The summed E-state index contributed by atoms with van der Waals surface area (Å²) < 4.78 is 1.69. The van der Waals surface area contributed by atoms with E-state index in [1.54, 1.807) is 11.0 Å². The molecule has 0 saturated heterocycles. The predicted octanol–water partition coefficient (Wildman–Crippen LogP) is -0.526. The van der Waals surface area contributed by atoms with Gasteiger partial charge in [-0.2, -0.15) is 5.10 Å². The Balaban J connectivity index is 2.00. The monoisotopic (exact) mass is 226 g/mol. The van der Waals surface area contributed by atoms with Crippen LogP contribution in [0.25, 0.3) is 0 Å². The zero-order chi connectivity index (χ0) is 11.8. The number of nitrogens with zero attached hydrogens (tertiary/aromatic N) is 4. The molecule has 7 nitrogen and oxygen atoms in total. The summed E-state index contributed by atoms with van der Waals surface area (Å²) in [6, 6.07) is 0. The minimum absolute atomic E-state index is 0.271. The van der Waals surface area contributed by atoms with Gasteiger partial charge < -0.3 is 16.3 Å². The van der Waals surface area contributed by atoms with Gasteiger partial charge in [-0.3, -0.25) is 4.68 Å². The lowest BCUT2D eigenvalue weighted by Crippen LogP contribution is -2.21. The topological polar surface area (TPSA) is 101 Å². The molecule has 1 aromatic heterocycles. The van der Waals surface area contributed by atoms with Crippen molar-refractivity contribution >= 4 is 5.84 Å². The van der Waals surface area contributed by atoms with E-state index >= 15 is 0 Å². The largest absolute Gasteiger partial charge is 0.409 e. The van der Waals surface area contributed by atoms with E-state index in [1.165, 1.54) is 0 Å². The number of rotatable bonds is 7. The van der Waals surface area contributed by atoms with Gasteiger partial charge in [0.15, 0.2) is 5.82 Å². The van der Waals surface area contributed by atoms with Gasteiger partial charge in [0.25, 0.3) is 0 Å². The predicted molar refractivity (Wildman–Crippen MR) is 60.2 cm³/mol. The molecule has 1 rings (SSSR count). The van der Waals surface area contributed by atoms with Crippen LogP contribution in [0, 0.1) is 0 Å². The minimum Gasteiger partial charge on any atom is -0.409 e. The molecule has 0 aliphatic carbocycles. The normalized spacial score (nSPS) is 11.9. The van der Waals surface area contributed by atoms with Crippen molar-refractivity contribution in [1.82, 2.24) is 20.1 Å². The highest BCUT2D eigenvalue weighted by atomic mass is 16.4. The third-order valence-corrected chi connectivity index (χ3v) is 2.09. The molecule has 90 valence electrons. The van der Waals surface area contributed by atoms with E-state index in [9.17, 15) is 0 Å². The zero-order valence-electron chi connectivity index (χ0n) is 9.43. The minimum atomic E-state index is 0.271. The van der Waals surface area contributed by atoms with E-state index in [-0.39, 0.29) is 5.84 Å². The Bertz CT molecular complexity index is 334. The quantitative estimate of drug-likeness (QED) is 0.191. The summed E-state index contributed by atoms with van der Waals surface area (Å²) in [5.74, 6) is 1.11. The van der Waals surface area contributed by atoms with E-state index in [1.807, 2.05) is 7.05 Å². The van der Waals surface area contributed by atoms with Crippen LogP contribution in [-0.2, 0) is 13.5 Å². The maximum atomic E-state index is 8.31. The molecule has 16 heavy (non-hydrogen) atoms. The zero-order valence-corrected chi connectivity index (χ0v) is 9.43. The van der Waals surface area contributed by atoms with Crippen LogP contribution >= 0.6 is 0 Å². The molecule has 4 N–H and O–H groups in total. The summed E-state index contributed by atoms with van der Waals surface area (Å²) in [7, 11) is 1.85. The third kappa shape index (κ3) is 4.74. The second-order valence-corrected chi connectivity index (χ2v) is 3.53. The maximum absolute atomic E-state index is 8.31. The Labute approximate surface area is 94.3 Å². The van der Waals surface area contributed by atoms with Crippen LogP contribution in [0.1, 0.15) is 18.7 Å². The van der Waals surface area contributed by atoms with Crippen molar-refractivity contribution in [3.05, 3.63) is 12.2 Å². The van der Waals surface area contributed by atoms with Gasteiger partial charge in [0.2, 0.25) is 0 Å². The Kier molecular flexibility index (Phi) is 5.27. The van der Waals surface area contributed by atoms with Crippen LogP contribution < -0.4 is 11.1 Å². The second-order valence-electron chi connectivity index (χ2n) is 3.53. The number of nitrogens with two attached hydrogens (primary N) is 1. The van der Waals surface area contributed by atoms with Gasteiger partial charge in [0, 0.05) is 26.4 Å². The Morgan fingerprint density at radius 2 is 2.44 bits per heavy atom. The molecule has 0 aliphatic heterocycles. The van der Waals surface area contributed by atoms with Crippen LogP contribution in [0.15, 0.2) is 11.5 Å². The fraction of sp³-hybridized carbons (Fsp3) is 0.667. The average Bonchev–Trinajstić information content (AvgIpc) is 2.69. The number of hydrogen-bond acceptors (Lipinski definition) is 5. The molecule has 1 aromatic rings. The summed E-state index contributed by atoms with van der Waals surface area (Å²) in [4.78, 5) is 4.11. The van der Waals surface area contributed by atoms with Crippen molar-refractivity contribution < 1.29 is 5.21 Å². The van der Waals surface area contributed by atoms with Gasteiger partial charge in [0.05, 0.1) is 0 Å². The number of nitrogens with one attached hydrogen (secondary N) is 1. The van der Waals surface area contributed by atoms with E-state index in [4.69, 9.17) is 10.9 Å². The first-order chi connectivity index (χ1) is 7.72. The lowest BCUT2D eigenvalue weighted by Gasteiger charge is -2.02. The summed E-state index contributed by atoms with van der Waals surface area (Å²) >= 11 is 0. The van der Waals surface area contributed by atoms with Gasteiger partial charge in [-0.15, -0.1) is 0 Å². The van der Waals surface area contributed by atoms with Gasteiger partial charge in [-0.1, -0.05) is 5.16 Å². The highest BCUT2D eigenvalue weighted by Crippen LogP contribution is 1.89. The molecule has 0 radical (unpaired) electrons. The Morgan fingerprint density at radius 1 is 1.62 bits per heavy atom. The van der Waals surface area contributed by atoms with Crippen molar-refractivity contribution in [2.45, 2.75) is 19.3 Å². The van der Waals surface area contributed by atoms with E-state index in [2.05, 4.69) is 20.6 Å². The molecular formula is C9H18N6O. The number of aryl methyl sites for hydroxylation is 1. The first kappa shape index (κ1) is 12.4. The molecule has 7 heteroatoms. The number of oxime groups is 1. The Hall–Kier alpha value is -1.63. The summed E-state index contributed by atoms with van der Waals surface area (Å²) in [5.41, 5.74) is 5.33. The summed E-state index contributed by atoms with van der Waals surface area (Å²) in [6.45, 7) is 1.67. The summed E-state index contributed by atoms with van der Waals surface area (Å²) in [5, 5.41) is 18.6. The molecule has 0 amide bonds. The van der Waals surface area contributed by atoms with Crippen molar-refractivity contribution in [2.75, 3.05) is 13.1 Å². The van der Waals surface area contributed by atoms with E-state index in [0.717, 1.165) is 31.8 Å². The molecule has 0 aromatic carbocycles. The molecular weight excluding hydrogens is 208 g/mol. The molecule has 0 saturated carbocycles. The van der Waals surface area contributed by atoms with Crippen molar-refractivity contribution in [3.8, 4) is 0 Å². The Morgan fingerprint density at radius 3 is 3.06 bits per heavy atom. The number of amidine groups is 1. The van der Waals surface area contributed by atoms with Crippen LogP contribution in [0.2, 0.25) is 0 Å². The van der Waals surface area contributed by atoms with Gasteiger partial charge in [0.1, 0.15) is 12.2 Å². The fourth-order valence-corrected chi connectivity index (χ4v) is 1.27. The average molecular weight is 226 g/mol. The van der Waals surface area contributed by atoms with Crippen molar-refractivity contribution in [2.24, 2.45) is 17.9 Å². The maximum Gasteiger partial charge on any atom is 0.151 e. The first-order valence-electron chi connectivity index (χ1n) is 5.24. The third-order valence-electron chi connectivity index (χ3n) is 2.09. The van der Waals surface area contributed by atoms with Gasteiger partial charge >= 0.3 is 0 Å². The van der Waals surface area contributed by atoms with Crippen LogP contribution in [0.4, 0.5) is 0 Å². The van der Waals surface area contributed by atoms with Crippen molar-refractivity contribution in [1.29, 1.82) is 0 Å². The fourth-order valence-electron chi connectivity index (χ4n) is 1.27. The van der Waals surface area contributed by atoms with Gasteiger partial charge in [-0.05, 0) is 13.0 Å². The molecule has 0 atom stereocenters. The molecule has 0 spiro atoms. The smallest absolute Gasteiger partial charge is 0.151 e. The van der Waals surface area contributed by atoms with E-state index in [0.29, 0.717) is 6.42 Å². The SMILES string of the molecule is Cn1cnc(CCNCCCC(N)=NO)n1. The molecule has 0 bridgehead atoms. The second kappa shape index (κ2) is 6.78. The highest BCUT2D eigenvalue weighted by Gasteiger charge is 1.98. The standard InChI is InChI=1S/C9H18N6O/c1-15-7-12-9(13-15)4-6-11-5-2-3-8(10)14-16/h7,11,16H,2-6H2,1H3,(H2,10,14).